The average molecular weight is 298 g/mol. The first kappa shape index (κ1) is 16.9. The topological polar surface area (TPSA) is 78.9 Å². The number of aromatic amines is 1. The van der Waals surface area contributed by atoms with Crippen molar-refractivity contribution in [1.29, 1.82) is 0 Å². The van der Waals surface area contributed by atoms with Gasteiger partial charge in [0.25, 0.3) is 0 Å². The Morgan fingerprint density at radius 1 is 1.60 bits per heavy atom. The van der Waals surface area contributed by atoms with Crippen molar-refractivity contribution in [2.45, 2.75) is 26.2 Å². The minimum absolute atomic E-state index is 0. The summed E-state index contributed by atoms with van der Waals surface area (Å²) >= 11 is 5.38. The third-order valence-corrected chi connectivity index (χ3v) is 1.64. The number of carboxylic acid groups (broad SMARTS) is 1. The molecule has 0 aliphatic rings. The maximum absolute atomic E-state index is 9.94. The summed E-state index contributed by atoms with van der Waals surface area (Å²) in [4.78, 5) is 9.94. The van der Waals surface area contributed by atoms with Gasteiger partial charge in [-0.15, -0.1) is 16.7 Å². The third kappa shape index (κ3) is 9.76. The summed E-state index contributed by atoms with van der Waals surface area (Å²) in [5.41, 5.74) is -0.0648. The number of carboxylic acids is 1. The summed E-state index contributed by atoms with van der Waals surface area (Å²) in [6.07, 6.45) is 4.94. The number of hydrogen-bond donors (Lipinski definition) is 2. The van der Waals surface area contributed by atoms with Gasteiger partial charge in [0.05, 0.1) is 6.20 Å². The number of rotatable bonds is 4. The molecule has 0 saturated heterocycles. The fraction of sp³-hybridized carbons (Fsp3) is 0.625. The second-order valence-electron chi connectivity index (χ2n) is 2.56. The molecule has 0 amide bonds. The summed E-state index contributed by atoms with van der Waals surface area (Å²) in [7, 11) is 0. The van der Waals surface area contributed by atoms with E-state index in [0.717, 1.165) is 5.88 Å². The third-order valence-electron chi connectivity index (χ3n) is 1.37. The molecule has 1 unspecified atom stereocenters. The van der Waals surface area contributed by atoms with Crippen molar-refractivity contribution in [3.63, 3.8) is 0 Å². The molecular formula is C8H17AsClN3O2. The van der Waals surface area contributed by atoms with Crippen LogP contribution in [0.4, 0.5) is 0 Å². The minimum atomic E-state index is -1.07. The van der Waals surface area contributed by atoms with E-state index in [1.54, 1.807) is 0 Å². The predicted octanol–water partition coefficient (Wildman–Crippen LogP) is 0.734. The van der Waals surface area contributed by atoms with Crippen molar-refractivity contribution < 1.29 is 9.90 Å². The van der Waals surface area contributed by atoms with Gasteiger partial charge in [-0.2, -0.15) is 0 Å². The second kappa shape index (κ2) is 11.5. The molecule has 1 atom stereocenters. The molecule has 0 bridgehead atoms. The number of aromatic carboxylic acids is 1. The number of unbranched alkanes of at least 4 members (excludes halogenated alkanes) is 2. The zero-order chi connectivity index (χ0) is 10.8. The molecule has 0 saturated carbocycles. The van der Waals surface area contributed by atoms with Gasteiger partial charge >= 0.3 is 23.9 Å². The van der Waals surface area contributed by atoms with Crippen molar-refractivity contribution in [3.05, 3.63) is 11.9 Å². The standard InChI is InChI=1S/C5H11Cl.C3H3N3O2.AsH3/c1-2-3-4-5-6;7-3(8)2-1-4-6-5-2;/h2-5H2,1H3;1H,(H,7,8)(H,4,5,6);1H3. The van der Waals surface area contributed by atoms with E-state index in [2.05, 4.69) is 22.3 Å². The number of hydrogen-bond acceptors (Lipinski definition) is 3. The molecule has 2 N–H and O–H groups in total. The van der Waals surface area contributed by atoms with Gasteiger partial charge in [-0.1, -0.05) is 25.0 Å². The summed E-state index contributed by atoms with van der Waals surface area (Å²) in [5.74, 6) is -0.243. The first-order valence-electron chi connectivity index (χ1n) is 4.38. The van der Waals surface area contributed by atoms with E-state index in [9.17, 15) is 4.79 Å². The molecule has 88 valence electrons. The van der Waals surface area contributed by atoms with Crippen LogP contribution in [0.25, 0.3) is 0 Å². The molecular weight excluding hydrogens is 280 g/mol. The van der Waals surface area contributed by atoms with Crippen molar-refractivity contribution in [1.82, 2.24) is 15.4 Å². The zero-order valence-corrected chi connectivity index (χ0v) is 12.5. The Kier molecular flexibility index (Phi) is 13.0. The Labute approximate surface area is 105 Å². The van der Waals surface area contributed by atoms with Crippen molar-refractivity contribution in [2.24, 2.45) is 0 Å². The van der Waals surface area contributed by atoms with E-state index >= 15 is 0 Å². The Morgan fingerprint density at radius 2 is 2.27 bits per heavy atom. The molecule has 5 nitrogen and oxygen atoms in total. The van der Waals surface area contributed by atoms with Gasteiger partial charge in [-0.25, -0.2) is 4.79 Å². The maximum atomic E-state index is 9.94. The van der Waals surface area contributed by atoms with Crippen LogP contribution in [0.3, 0.4) is 0 Å². The zero-order valence-electron chi connectivity index (χ0n) is 8.74. The van der Waals surface area contributed by atoms with Gasteiger partial charge in [0.15, 0.2) is 5.69 Å². The van der Waals surface area contributed by atoms with Crippen LogP contribution in [-0.2, 0) is 0 Å². The molecule has 0 aliphatic heterocycles. The Bertz CT molecular complexity index is 240. The van der Waals surface area contributed by atoms with Gasteiger partial charge in [0.1, 0.15) is 0 Å². The van der Waals surface area contributed by atoms with Gasteiger partial charge in [0.2, 0.25) is 0 Å². The van der Waals surface area contributed by atoms with Crippen LogP contribution < -0.4 is 0 Å². The van der Waals surface area contributed by atoms with E-state index < -0.39 is 5.97 Å². The average Bonchev–Trinajstić information content (AvgIpc) is 2.68. The fourth-order valence-electron chi connectivity index (χ4n) is 0.651. The molecule has 1 heterocycles. The van der Waals surface area contributed by atoms with Crippen LogP contribution in [0.5, 0.6) is 0 Å². The number of alkyl halides is 1. The second-order valence-corrected chi connectivity index (χ2v) is 2.94. The van der Waals surface area contributed by atoms with Crippen LogP contribution in [0.15, 0.2) is 6.20 Å². The molecule has 0 radical (unpaired) electrons. The Hall–Kier alpha value is -0.542. The summed E-state index contributed by atoms with van der Waals surface area (Å²) in [6.45, 7) is 2.17. The van der Waals surface area contributed by atoms with E-state index in [-0.39, 0.29) is 23.6 Å². The van der Waals surface area contributed by atoms with Gasteiger partial charge < -0.3 is 5.11 Å². The first-order valence-corrected chi connectivity index (χ1v) is 4.91. The number of aromatic nitrogens is 3. The molecule has 7 heteroatoms. The van der Waals surface area contributed by atoms with Crippen molar-refractivity contribution >= 4 is 35.5 Å². The summed E-state index contributed by atoms with van der Waals surface area (Å²) in [5, 5.41) is 16.8. The number of nitrogens with one attached hydrogen (secondary N) is 1. The molecule has 1 aromatic rings. The number of nitrogens with zero attached hydrogens (tertiary/aromatic N) is 2. The number of carbonyl (C=O) groups is 1. The molecule has 1 rings (SSSR count). The van der Waals surface area contributed by atoms with Crippen LogP contribution in [0, 0.1) is 0 Å². The Balaban J connectivity index is 0. The van der Waals surface area contributed by atoms with E-state index in [4.69, 9.17) is 16.7 Å². The van der Waals surface area contributed by atoms with E-state index in [1.807, 2.05) is 0 Å². The van der Waals surface area contributed by atoms with E-state index in [0.29, 0.717) is 0 Å². The van der Waals surface area contributed by atoms with Crippen molar-refractivity contribution in [2.75, 3.05) is 5.88 Å². The molecule has 0 aliphatic carbocycles. The van der Waals surface area contributed by atoms with Gasteiger partial charge in [-0.3, -0.25) is 5.10 Å². The molecule has 15 heavy (non-hydrogen) atoms. The molecule has 1 aromatic heterocycles. The van der Waals surface area contributed by atoms with Crippen LogP contribution in [0.1, 0.15) is 36.7 Å². The van der Waals surface area contributed by atoms with Gasteiger partial charge in [0, 0.05) is 5.88 Å². The summed E-state index contributed by atoms with van der Waals surface area (Å²) < 4.78 is 0. The molecule has 0 spiro atoms. The van der Waals surface area contributed by atoms with Crippen LogP contribution in [-0.4, -0.2) is 50.3 Å². The van der Waals surface area contributed by atoms with E-state index in [1.165, 1.54) is 25.5 Å². The molecule has 0 aromatic carbocycles. The first-order chi connectivity index (χ1) is 6.72. The summed E-state index contributed by atoms with van der Waals surface area (Å²) in [6, 6.07) is 0. The number of H-pyrrole nitrogens is 1. The fourth-order valence-corrected chi connectivity index (χ4v) is 0.840. The SMILES string of the molecule is CCCCCCl.O=C(O)c1c[nH]nn1.[AsH3]. The quantitative estimate of drug-likeness (QED) is 0.488. The van der Waals surface area contributed by atoms with Crippen LogP contribution in [0.2, 0.25) is 0 Å². The number of halogens is 1. The Morgan fingerprint density at radius 3 is 2.47 bits per heavy atom. The monoisotopic (exact) mass is 297 g/mol. The van der Waals surface area contributed by atoms with Crippen LogP contribution >= 0.6 is 11.6 Å². The predicted molar refractivity (Wildman–Crippen MR) is 63.5 cm³/mol. The normalized spacial score (nSPS) is 8.40. The van der Waals surface area contributed by atoms with Gasteiger partial charge in [-0.05, 0) is 6.42 Å². The molecule has 0 fully saturated rings. The van der Waals surface area contributed by atoms with Crippen molar-refractivity contribution in [3.8, 4) is 0 Å².